The van der Waals surface area contributed by atoms with Crippen LogP contribution in [-0.4, -0.2) is 12.4 Å². The van der Waals surface area contributed by atoms with Gasteiger partial charge in [-0.3, -0.25) is 0 Å². The molecule has 0 fully saturated rings. The lowest BCUT2D eigenvalue weighted by molar-refractivity contribution is -0.128. The molecule has 0 radical (unpaired) electrons. The number of hydrogen-bond donors (Lipinski definition) is 0. The van der Waals surface area contributed by atoms with Crippen molar-refractivity contribution in [2.45, 2.75) is 39.9 Å². The van der Waals surface area contributed by atoms with Crippen LogP contribution in [0.4, 0.5) is 26.3 Å². The summed E-state index contributed by atoms with van der Waals surface area (Å²) >= 11 is 0. The van der Waals surface area contributed by atoms with Crippen LogP contribution in [0.5, 0.6) is 0 Å². The highest BCUT2D eigenvalue weighted by Crippen LogP contribution is 2.34. The number of halogens is 6. The molecular weight excluding hydrogens is 410 g/mol. The van der Waals surface area contributed by atoms with Crippen molar-refractivity contribution in [2.24, 2.45) is 0 Å². The van der Waals surface area contributed by atoms with Gasteiger partial charge in [-0.2, -0.15) is 26.3 Å². The van der Waals surface area contributed by atoms with E-state index in [1.54, 1.807) is 36.4 Å². The SMILES string of the molecule is FC(F)(F)Cc1cccc([S+](c2ccccc2)c2cccc(CC(F)(F)F)c2)c1. The van der Waals surface area contributed by atoms with Crippen LogP contribution in [0.2, 0.25) is 0 Å². The minimum Gasteiger partial charge on any atom is -0.171 e. The fourth-order valence-electron chi connectivity index (χ4n) is 2.99. The second kappa shape index (κ2) is 8.53. The van der Waals surface area contributed by atoms with Gasteiger partial charge in [-0.05, 0) is 47.5 Å². The zero-order valence-corrected chi connectivity index (χ0v) is 15.9. The van der Waals surface area contributed by atoms with Crippen molar-refractivity contribution in [2.75, 3.05) is 0 Å². The molecule has 0 saturated carbocycles. The normalized spacial score (nSPS) is 12.4. The molecule has 7 heteroatoms. The van der Waals surface area contributed by atoms with E-state index in [4.69, 9.17) is 0 Å². The van der Waals surface area contributed by atoms with Gasteiger partial charge < -0.3 is 0 Å². The van der Waals surface area contributed by atoms with Crippen LogP contribution in [0.3, 0.4) is 0 Å². The Morgan fingerprint density at radius 3 is 1.34 bits per heavy atom. The predicted octanol–water partition coefficient (Wildman–Crippen LogP) is 6.99. The maximum atomic E-state index is 12.8. The van der Waals surface area contributed by atoms with Gasteiger partial charge in [-0.1, -0.05) is 42.5 Å². The van der Waals surface area contributed by atoms with Gasteiger partial charge in [0.15, 0.2) is 14.7 Å². The zero-order chi connectivity index (χ0) is 21.1. The van der Waals surface area contributed by atoms with Gasteiger partial charge in [0.05, 0.1) is 23.7 Å². The summed E-state index contributed by atoms with van der Waals surface area (Å²) in [6, 6.07) is 21.4. The van der Waals surface area contributed by atoms with E-state index in [0.29, 0.717) is 9.79 Å². The van der Waals surface area contributed by atoms with Crippen molar-refractivity contribution in [1.82, 2.24) is 0 Å². The van der Waals surface area contributed by atoms with Crippen molar-refractivity contribution in [3.05, 3.63) is 90.0 Å². The van der Waals surface area contributed by atoms with Crippen LogP contribution in [-0.2, 0) is 23.7 Å². The van der Waals surface area contributed by atoms with Gasteiger partial charge in [-0.25, -0.2) is 0 Å². The van der Waals surface area contributed by atoms with Gasteiger partial charge in [0, 0.05) is 0 Å². The average molecular weight is 427 g/mol. The molecule has 0 aliphatic heterocycles. The monoisotopic (exact) mass is 427 g/mol. The lowest BCUT2D eigenvalue weighted by atomic mass is 10.1. The first-order chi connectivity index (χ1) is 13.6. The summed E-state index contributed by atoms with van der Waals surface area (Å²) in [5.74, 6) is 0. The molecule has 0 saturated heterocycles. The summed E-state index contributed by atoms with van der Waals surface area (Å²) in [6.07, 6.45) is -10.8. The number of hydrogen-bond acceptors (Lipinski definition) is 0. The van der Waals surface area contributed by atoms with E-state index < -0.39 is 36.1 Å². The van der Waals surface area contributed by atoms with E-state index in [1.165, 1.54) is 24.3 Å². The Morgan fingerprint density at radius 1 is 0.517 bits per heavy atom. The van der Waals surface area contributed by atoms with Crippen LogP contribution >= 0.6 is 0 Å². The number of alkyl halides is 6. The van der Waals surface area contributed by atoms with Crippen molar-refractivity contribution in [3.8, 4) is 0 Å². The van der Waals surface area contributed by atoms with E-state index >= 15 is 0 Å². The summed E-state index contributed by atoms with van der Waals surface area (Å²) in [4.78, 5) is 2.07. The van der Waals surface area contributed by atoms with Crippen LogP contribution in [0.1, 0.15) is 11.1 Å². The molecule has 0 N–H and O–H groups in total. The molecule has 0 atom stereocenters. The molecule has 3 aromatic rings. The van der Waals surface area contributed by atoms with Crippen molar-refractivity contribution in [1.29, 1.82) is 0 Å². The molecule has 3 aromatic carbocycles. The van der Waals surface area contributed by atoms with Gasteiger partial charge in [0.2, 0.25) is 0 Å². The summed E-state index contributed by atoms with van der Waals surface area (Å²) in [5.41, 5.74) is 0.241. The van der Waals surface area contributed by atoms with Crippen molar-refractivity contribution < 1.29 is 26.3 Å². The molecule has 3 rings (SSSR count). The van der Waals surface area contributed by atoms with E-state index in [9.17, 15) is 26.3 Å². The largest absolute Gasteiger partial charge is 0.393 e. The third-order valence-electron chi connectivity index (χ3n) is 4.06. The highest BCUT2D eigenvalue weighted by molar-refractivity contribution is 7.97. The third-order valence-corrected chi connectivity index (χ3v) is 6.25. The zero-order valence-electron chi connectivity index (χ0n) is 15.1. The summed E-state index contributed by atoms with van der Waals surface area (Å²) in [5, 5.41) is 0. The minimum absolute atomic E-state index is 0.120. The first-order valence-electron chi connectivity index (χ1n) is 8.71. The number of benzene rings is 3. The first-order valence-corrected chi connectivity index (χ1v) is 9.94. The number of rotatable bonds is 5. The molecule has 0 aromatic heterocycles. The Bertz CT molecular complexity index is 888. The lowest BCUT2D eigenvalue weighted by Gasteiger charge is -2.12. The quantitative estimate of drug-likeness (QED) is 0.304. The van der Waals surface area contributed by atoms with E-state index in [1.807, 2.05) is 18.2 Å². The molecule has 0 heterocycles. The summed E-state index contributed by atoms with van der Waals surface area (Å²) < 4.78 is 77.0. The van der Waals surface area contributed by atoms with Gasteiger partial charge in [-0.15, -0.1) is 0 Å². The Hall–Kier alpha value is -2.41. The van der Waals surface area contributed by atoms with Crippen LogP contribution < -0.4 is 0 Å². The second-order valence-corrected chi connectivity index (χ2v) is 8.52. The molecule has 0 unspecified atom stereocenters. The molecule has 29 heavy (non-hydrogen) atoms. The Kier molecular flexibility index (Phi) is 6.27. The van der Waals surface area contributed by atoms with Gasteiger partial charge in [0.25, 0.3) is 0 Å². The Labute approximate surface area is 167 Å². The fraction of sp³-hybridized carbons (Fsp3) is 0.182. The van der Waals surface area contributed by atoms with E-state index in [0.717, 1.165) is 4.90 Å². The molecule has 0 amide bonds. The second-order valence-electron chi connectivity index (χ2n) is 6.50. The maximum absolute atomic E-state index is 12.8. The summed E-state index contributed by atoms with van der Waals surface area (Å²) in [6.45, 7) is 0. The molecule has 0 aliphatic rings. The predicted molar refractivity (Wildman–Crippen MR) is 101 cm³/mol. The Morgan fingerprint density at radius 2 is 0.931 bits per heavy atom. The highest BCUT2D eigenvalue weighted by atomic mass is 32.2. The molecule has 0 spiro atoms. The molecular formula is C22H17F6S+. The van der Waals surface area contributed by atoms with Crippen LogP contribution in [0.15, 0.2) is 93.5 Å². The average Bonchev–Trinajstić information content (AvgIpc) is 2.61. The van der Waals surface area contributed by atoms with Gasteiger partial charge in [0.1, 0.15) is 0 Å². The first kappa shape index (κ1) is 21.3. The van der Waals surface area contributed by atoms with E-state index in [-0.39, 0.29) is 11.1 Å². The molecule has 0 bridgehead atoms. The minimum atomic E-state index is -4.34. The highest BCUT2D eigenvalue weighted by Gasteiger charge is 2.33. The lowest BCUT2D eigenvalue weighted by Crippen LogP contribution is -2.13. The van der Waals surface area contributed by atoms with Crippen molar-refractivity contribution >= 4 is 10.9 Å². The topological polar surface area (TPSA) is 0 Å². The molecule has 152 valence electrons. The Balaban J connectivity index is 2.06. The van der Waals surface area contributed by atoms with Crippen molar-refractivity contribution in [3.63, 3.8) is 0 Å². The standard InChI is InChI=1S/C22H17F6S/c23-21(24,25)14-16-6-4-10-19(12-16)29(18-8-2-1-3-9-18)20-11-5-7-17(13-20)15-22(26,27)28/h1-13H,14-15H2/q+1. The summed E-state index contributed by atoms with van der Waals surface area (Å²) in [7, 11) is -0.827. The molecule has 0 aliphatic carbocycles. The maximum Gasteiger partial charge on any atom is 0.393 e. The van der Waals surface area contributed by atoms with E-state index in [2.05, 4.69) is 0 Å². The van der Waals surface area contributed by atoms with Crippen LogP contribution in [0, 0.1) is 0 Å². The third kappa shape index (κ3) is 6.29. The van der Waals surface area contributed by atoms with Gasteiger partial charge >= 0.3 is 12.4 Å². The fourth-order valence-corrected chi connectivity index (χ4v) is 5.21. The molecule has 0 nitrogen and oxygen atoms in total. The smallest absolute Gasteiger partial charge is 0.171 e. The van der Waals surface area contributed by atoms with Crippen LogP contribution in [0.25, 0.3) is 0 Å².